The minimum Gasteiger partial charge on any atom is -0.379 e. The lowest BCUT2D eigenvalue weighted by molar-refractivity contribution is 0.185. The second-order valence-corrected chi connectivity index (χ2v) is 4.20. The monoisotopic (exact) mass is 200 g/mol. The van der Waals surface area contributed by atoms with Crippen molar-refractivity contribution in [2.75, 3.05) is 24.3 Å². The van der Waals surface area contributed by atoms with Crippen molar-refractivity contribution in [3.8, 4) is 0 Å². The molecule has 1 unspecified atom stereocenters. The predicted molar refractivity (Wildman–Crippen MR) is 51.8 cm³/mol. The van der Waals surface area contributed by atoms with E-state index in [0.717, 1.165) is 18.2 Å². The van der Waals surface area contributed by atoms with Gasteiger partial charge in [-0.2, -0.15) is 9.36 Å². The molecule has 3 N–H and O–H groups in total. The van der Waals surface area contributed by atoms with Crippen LogP contribution >= 0.6 is 11.5 Å². The molecule has 0 aromatic carbocycles. The third-order valence-electron chi connectivity index (χ3n) is 2.07. The number of hydrogen-bond donors (Lipinski definition) is 2. The number of rotatable bonds is 2. The first kappa shape index (κ1) is 8.71. The molecule has 0 spiro atoms. The quantitative estimate of drug-likeness (QED) is 0.735. The van der Waals surface area contributed by atoms with Crippen LogP contribution in [0.5, 0.6) is 0 Å². The largest absolute Gasteiger partial charge is 0.379 e. The first-order chi connectivity index (χ1) is 6.18. The first-order valence-corrected chi connectivity index (χ1v) is 4.90. The summed E-state index contributed by atoms with van der Waals surface area (Å²) in [6, 6.07) is 0. The van der Waals surface area contributed by atoms with Crippen LogP contribution in [-0.4, -0.2) is 28.1 Å². The molecule has 2 rings (SSSR count). The first-order valence-electron chi connectivity index (χ1n) is 4.13. The van der Waals surface area contributed by atoms with E-state index in [-0.39, 0.29) is 5.54 Å². The molecular formula is C7H12N4OS. The van der Waals surface area contributed by atoms with Gasteiger partial charge in [0, 0.05) is 18.1 Å². The summed E-state index contributed by atoms with van der Waals surface area (Å²) >= 11 is 1.28. The zero-order chi connectivity index (χ0) is 9.31. The fourth-order valence-corrected chi connectivity index (χ4v) is 1.96. The lowest BCUT2D eigenvalue weighted by Crippen LogP contribution is -2.34. The summed E-state index contributed by atoms with van der Waals surface area (Å²) in [5.74, 6) is 0.329. The second kappa shape index (κ2) is 3.12. The van der Waals surface area contributed by atoms with Gasteiger partial charge < -0.3 is 15.8 Å². The predicted octanol–water partition coefficient (Wildman–Crippen LogP) is 0.711. The number of aromatic nitrogens is 2. The molecule has 6 heteroatoms. The van der Waals surface area contributed by atoms with Crippen LogP contribution < -0.4 is 11.1 Å². The molecule has 1 aliphatic heterocycles. The van der Waals surface area contributed by atoms with Crippen molar-refractivity contribution in [1.82, 2.24) is 9.36 Å². The minimum absolute atomic E-state index is 0.00796. The Morgan fingerprint density at radius 2 is 2.54 bits per heavy atom. The van der Waals surface area contributed by atoms with Gasteiger partial charge in [-0.05, 0) is 13.3 Å². The number of ether oxygens (including phenoxy) is 1. The lowest BCUT2D eigenvalue weighted by Gasteiger charge is -2.22. The van der Waals surface area contributed by atoms with Gasteiger partial charge in [0.15, 0.2) is 0 Å². The van der Waals surface area contributed by atoms with Crippen molar-refractivity contribution < 1.29 is 4.74 Å². The van der Waals surface area contributed by atoms with Crippen molar-refractivity contribution in [3.63, 3.8) is 0 Å². The van der Waals surface area contributed by atoms with Gasteiger partial charge in [0.2, 0.25) is 11.1 Å². The van der Waals surface area contributed by atoms with E-state index in [0.29, 0.717) is 12.6 Å². The third-order valence-corrected chi connectivity index (χ3v) is 2.71. The fraction of sp³-hybridized carbons (Fsp3) is 0.714. The van der Waals surface area contributed by atoms with Crippen LogP contribution in [0, 0.1) is 0 Å². The summed E-state index contributed by atoms with van der Waals surface area (Å²) in [5, 5.41) is 4.05. The number of hydrogen-bond acceptors (Lipinski definition) is 6. The van der Waals surface area contributed by atoms with E-state index in [1.165, 1.54) is 11.5 Å². The lowest BCUT2D eigenvalue weighted by atomic mass is 10.0. The smallest absolute Gasteiger partial charge is 0.233 e. The number of nitrogens with two attached hydrogens (primary N) is 1. The zero-order valence-electron chi connectivity index (χ0n) is 7.41. The summed E-state index contributed by atoms with van der Waals surface area (Å²) in [4.78, 5) is 4.04. The van der Waals surface area contributed by atoms with Gasteiger partial charge in [0.25, 0.3) is 0 Å². The maximum Gasteiger partial charge on any atom is 0.233 e. The van der Waals surface area contributed by atoms with E-state index in [2.05, 4.69) is 21.6 Å². The third kappa shape index (κ3) is 1.89. The zero-order valence-corrected chi connectivity index (χ0v) is 8.23. The molecule has 0 bridgehead atoms. The van der Waals surface area contributed by atoms with Gasteiger partial charge >= 0.3 is 0 Å². The van der Waals surface area contributed by atoms with Crippen molar-refractivity contribution in [2.45, 2.75) is 18.9 Å². The number of nitrogens with one attached hydrogen (secondary N) is 1. The normalized spacial score (nSPS) is 27.8. The molecule has 0 saturated carbocycles. The highest BCUT2D eigenvalue weighted by molar-refractivity contribution is 7.09. The number of nitrogens with zero attached hydrogens (tertiary/aromatic N) is 2. The van der Waals surface area contributed by atoms with Gasteiger partial charge in [-0.25, -0.2) is 0 Å². The molecular weight excluding hydrogens is 188 g/mol. The van der Waals surface area contributed by atoms with Gasteiger partial charge in [-0.3, -0.25) is 0 Å². The summed E-state index contributed by atoms with van der Waals surface area (Å²) in [6.45, 7) is 3.63. The Kier molecular flexibility index (Phi) is 2.09. The number of anilines is 2. The van der Waals surface area contributed by atoms with Crippen LogP contribution in [0.3, 0.4) is 0 Å². The van der Waals surface area contributed by atoms with Crippen molar-refractivity contribution in [3.05, 3.63) is 0 Å². The van der Waals surface area contributed by atoms with Gasteiger partial charge in [-0.1, -0.05) is 0 Å². The highest BCUT2D eigenvalue weighted by Gasteiger charge is 2.30. The Bertz CT molecular complexity index is 294. The molecule has 1 aliphatic rings. The fourth-order valence-electron chi connectivity index (χ4n) is 1.31. The maximum absolute atomic E-state index is 5.41. The van der Waals surface area contributed by atoms with Crippen LogP contribution in [-0.2, 0) is 4.74 Å². The summed E-state index contributed by atoms with van der Waals surface area (Å²) in [5.41, 5.74) is 5.40. The van der Waals surface area contributed by atoms with Crippen molar-refractivity contribution >= 4 is 22.6 Å². The highest BCUT2D eigenvalue weighted by Crippen LogP contribution is 2.24. The minimum atomic E-state index is -0.00796. The van der Waals surface area contributed by atoms with Crippen molar-refractivity contribution in [1.29, 1.82) is 0 Å². The van der Waals surface area contributed by atoms with E-state index in [4.69, 9.17) is 10.5 Å². The molecule has 5 nitrogen and oxygen atoms in total. The summed E-state index contributed by atoms with van der Waals surface area (Å²) in [7, 11) is 0. The molecule has 0 aliphatic carbocycles. The Morgan fingerprint density at radius 3 is 3.08 bits per heavy atom. The average molecular weight is 200 g/mol. The van der Waals surface area contributed by atoms with Gasteiger partial charge in [0.1, 0.15) is 0 Å². The van der Waals surface area contributed by atoms with Crippen molar-refractivity contribution in [2.24, 2.45) is 0 Å². The number of nitrogen functional groups attached to an aromatic ring is 1. The Morgan fingerprint density at radius 1 is 1.69 bits per heavy atom. The van der Waals surface area contributed by atoms with Crippen LogP contribution in [0.1, 0.15) is 13.3 Å². The second-order valence-electron chi connectivity index (χ2n) is 3.45. The molecule has 1 atom stereocenters. The van der Waals surface area contributed by atoms with Crippen LogP contribution in [0.25, 0.3) is 0 Å². The molecule has 13 heavy (non-hydrogen) atoms. The van der Waals surface area contributed by atoms with Crippen LogP contribution in [0.15, 0.2) is 0 Å². The molecule has 0 radical (unpaired) electrons. The van der Waals surface area contributed by atoms with E-state index < -0.39 is 0 Å². The Labute approximate surface area is 80.5 Å². The van der Waals surface area contributed by atoms with E-state index >= 15 is 0 Å². The maximum atomic E-state index is 5.41. The van der Waals surface area contributed by atoms with Gasteiger partial charge in [0.05, 0.1) is 12.1 Å². The van der Waals surface area contributed by atoms with Crippen LogP contribution in [0.4, 0.5) is 11.1 Å². The van der Waals surface area contributed by atoms with Gasteiger partial charge in [-0.15, -0.1) is 0 Å². The molecule has 1 aromatic rings. The molecule has 1 saturated heterocycles. The standard InChI is InChI=1S/C7H12N4OS/c1-7(2-3-12-4-7)10-6-9-5(8)11-13-6/h2-4H2,1H3,(H3,8,9,10,11). The molecule has 0 amide bonds. The summed E-state index contributed by atoms with van der Waals surface area (Å²) < 4.78 is 9.20. The Hall–Kier alpha value is -0.880. The highest BCUT2D eigenvalue weighted by atomic mass is 32.1. The Balaban J connectivity index is 2.04. The SMILES string of the molecule is CC1(Nc2nc(N)ns2)CCOC1. The molecule has 1 aromatic heterocycles. The van der Waals surface area contributed by atoms with E-state index in [1.807, 2.05) is 0 Å². The van der Waals surface area contributed by atoms with Crippen LogP contribution in [0.2, 0.25) is 0 Å². The molecule has 72 valence electrons. The topological polar surface area (TPSA) is 73.1 Å². The van der Waals surface area contributed by atoms with E-state index in [9.17, 15) is 0 Å². The summed E-state index contributed by atoms with van der Waals surface area (Å²) in [6.07, 6.45) is 0.993. The average Bonchev–Trinajstić information content (AvgIpc) is 2.62. The van der Waals surface area contributed by atoms with E-state index in [1.54, 1.807) is 0 Å². The molecule has 1 fully saturated rings. The molecule has 2 heterocycles.